The van der Waals surface area contributed by atoms with Crippen molar-refractivity contribution in [1.29, 1.82) is 0 Å². The first-order valence-electron chi connectivity index (χ1n) is 10.9. The minimum Gasteiger partial charge on any atom is -0.480 e. The number of hydrogen-bond donors (Lipinski definition) is 6. The number of hydrogen-bond acceptors (Lipinski definition) is 7. The molecule has 3 amide bonds. The van der Waals surface area contributed by atoms with Gasteiger partial charge in [-0.25, -0.2) is 4.79 Å². The summed E-state index contributed by atoms with van der Waals surface area (Å²) in [7, 11) is 0. The van der Waals surface area contributed by atoms with Crippen molar-refractivity contribution < 1.29 is 24.3 Å². The summed E-state index contributed by atoms with van der Waals surface area (Å²) in [6, 6.07) is 6.08. The number of carbonyl (C=O) groups excluding carboxylic acids is 3. The second-order valence-corrected chi connectivity index (χ2v) is 8.53. The van der Waals surface area contributed by atoms with Gasteiger partial charge in [0.05, 0.1) is 6.54 Å². The number of carboxylic acid groups (broad SMARTS) is 1. The average Bonchev–Trinajstić information content (AvgIpc) is 2.80. The summed E-state index contributed by atoms with van der Waals surface area (Å²) in [6.07, 6.45) is 3.81. The van der Waals surface area contributed by atoms with Crippen molar-refractivity contribution in [3.63, 3.8) is 0 Å². The van der Waals surface area contributed by atoms with Gasteiger partial charge in [-0.1, -0.05) is 30.3 Å². The summed E-state index contributed by atoms with van der Waals surface area (Å²) >= 11 is 1.51. The van der Waals surface area contributed by atoms with Crippen LogP contribution in [0.3, 0.4) is 0 Å². The molecule has 11 heteroatoms. The Balaban J connectivity index is 3.01. The van der Waals surface area contributed by atoms with Crippen molar-refractivity contribution in [2.75, 3.05) is 25.1 Å². The number of unbranched alkanes of at least 4 members (excludes halogenated alkanes) is 1. The zero-order valence-electron chi connectivity index (χ0n) is 18.9. The van der Waals surface area contributed by atoms with Gasteiger partial charge in [0, 0.05) is 6.42 Å². The molecule has 3 atom stereocenters. The third-order valence-corrected chi connectivity index (χ3v) is 5.57. The summed E-state index contributed by atoms with van der Waals surface area (Å²) in [5.74, 6) is -2.16. The Morgan fingerprint density at radius 3 is 2.12 bits per heavy atom. The Morgan fingerprint density at radius 1 is 0.909 bits per heavy atom. The lowest BCUT2D eigenvalue weighted by Crippen LogP contribution is -2.57. The number of nitrogens with one attached hydrogen (secondary N) is 3. The first-order valence-corrected chi connectivity index (χ1v) is 12.3. The van der Waals surface area contributed by atoms with Gasteiger partial charge >= 0.3 is 5.97 Å². The first-order chi connectivity index (χ1) is 15.8. The molecule has 0 aromatic heterocycles. The molecule has 33 heavy (non-hydrogen) atoms. The molecule has 1 aromatic carbocycles. The molecule has 0 aliphatic heterocycles. The molecule has 1 aromatic rings. The maximum Gasteiger partial charge on any atom is 0.326 e. The van der Waals surface area contributed by atoms with E-state index in [1.807, 2.05) is 36.6 Å². The van der Waals surface area contributed by atoms with Gasteiger partial charge in [-0.3, -0.25) is 14.4 Å². The number of aliphatic carboxylic acids is 1. The van der Waals surface area contributed by atoms with Gasteiger partial charge in [0.2, 0.25) is 17.7 Å². The third-order valence-electron chi connectivity index (χ3n) is 4.92. The van der Waals surface area contributed by atoms with E-state index in [-0.39, 0.29) is 19.4 Å². The molecule has 10 nitrogen and oxygen atoms in total. The zero-order valence-corrected chi connectivity index (χ0v) is 19.7. The van der Waals surface area contributed by atoms with Crippen LogP contribution in [-0.4, -0.2) is 72.0 Å². The number of benzene rings is 1. The van der Waals surface area contributed by atoms with Crippen LogP contribution in [0.5, 0.6) is 0 Å². The molecule has 0 bridgehead atoms. The number of rotatable bonds is 16. The van der Waals surface area contributed by atoms with E-state index in [1.54, 1.807) is 0 Å². The molecule has 0 aliphatic carbocycles. The number of thioether (sulfide) groups is 1. The second-order valence-electron chi connectivity index (χ2n) is 7.54. The van der Waals surface area contributed by atoms with E-state index < -0.39 is 41.8 Å². The van der Waals surface area contributed by atoms with E-state index in [0.29, 0.717) is 31.6 Å². The largest absolute Gasteiger partial charge is 0.480 e. The highest BCUT2D eigenvalue weighted by molar-refractivity contribution is 7.98. The second kappa shape index (κ2) is 16.1. The summed E-state index contributed by atoms with van der Waals surface area (Å²) < 4.78 is 0. The molecule has 0 aliphatic rings. The quantitative estimate of drug-likeness (QED) is 0.173. The molecule has 0 heterocycles. The summed E-state index contributed by atoms with van der Waals surface area (Å²) in [5, 5.41) is 17.3. The Bertz CT molecular complexity index is 765. The van der Waals surface area contributed by atoms with Gasteiger partial charge in [-0.15, -0.1) is 0 Å². The lowest BCUT2D eigenvalue weighted by molar-refractivity contribution is -0.142. The molecule has 184 valence electrons. The SMILES string of the molecule is CSCCC(NC(=O)CN)C(=O)NC(Cc1ccccc1)C(=O)NC(CCCCN)C(=O)O. The summed E-state index contributed by atoms with van der Waals surface area (Å²) in [4.78, 5) is 49.4. The molecular weight excluding hydrogens is 446 g/mol. The predicted molar refractivity (Wildman–Crippen MR) is 129 cm³/mol. The van der Waals surface area contributed by atoms with Gasteiger partial charge in [0.15, 0.2) is 0 Å². The van der Waals surface area contributed by atoms with Crippen LogP contribution in [0, 0.1) is 0 Å². The van der Waals surface area contributed by atoms with E-state index in [1.165, 1.54) is 11.8 Å². The van der Waals surface area contributed by atoms with Gasteiger partial charge in [0.1, 0.15) is 18.1 Å². The van der Waals surface area contributed by atoms with E-state index >= 15 is 0 Å². The van der Waals surface area contributed by atoms with Crippen LogP contribution in [0.15, 0.2) is 30.3 Å². The molecule has 1 rings (SSSR count). The van der Waals surface area contributed by atoms with Crippen molar-refractivity contribution in [3.05, 3.63) is 35.9 Å². The van der Waals surface area contributed by atoms with Crippen molar-refractivity contribution >= 4 is 35.5 Å². The fraction of sp³-hybridized carbons (Fsp3) is 0.545. The number of nitrogens with two attached hydrogens (primary N) is 2. The molecule has 8 N–H and O–H groups in total. The molecule has 3 unspecified atom stereocenters. The van der Waals surface area contributed by atoms with Crippen molar-refractivity contribution in [2.45, 2.75) is 50.2 Å². The number of carbonyl (C=O) groups is 4. The van der Waals surface area contributed by atoms with Gasteiger partial charge in [-0.2, -0.15) is 11.8 Å². The third kappa shape index (κ3) is 11.2. The lowest BCUT2D eigenvalue weighted by atomic mass is 10.0. The van der Waals surface area contributed by atoms with E-state index in [2.05, 4.69) is 16.0 Å². The highest BCUT2D eigenvalue weighted by Crippen LogP contribution is 2.08. The van der Waals surface area contributed by atoms with E-state index in [4.69, 9.17) is 11.5 Å². The van der Waals surface area contributed by atoms with Crippen LogP contribution in [0.4, 0.5) is 0 Å². The molecule has 0 radical (unpaired) electrons. The van der Waals surface area contributed by atoms with Crippen LogP contribution < -0.4 is 27.4 Å². The van der Waals surface area contributed by atoms with Crippen molar-refractivity contribution in [1.82, 2.24) is 16.0 Å². The molecule has 0 saturated heterocycles. The van der Waals surface area contributed by atoms with Gasteiger partial charge in [0.25, 0.3) is 0 Å². The fourth-order valence-corrected chi connectivity index (χ4v) is 3.58. The van der Waals surface area contributed by atoms with E-state index in [0.717, 1.165) is 5.56 Å². The number of amides is 3. The van der Waals surface area contributed by atoms with Crippen molar-refractivity contribution in [2.24, 2.45) is 11.5 Å². The molecular formula is C22H35N5O5S. The zero-order chi connectivity index (χ0) is 24.6. The molecule has 0 fully saturated rings. The first kappa shape index (κ1) is 28.4. The summed E-state index contributed by atoms with van der Waals surface area (Å²) in [6.45, 7) is 0.166. The maximum absolute atomic E-state index is 13.0. The lowest BCUT2D eigenvalue weighted by Gasteiger charge is -2.24. The standard InChI is InChI=1S/C22H35N5O5S/c1-33-12-10-16(25-19(28)14-24)20(29)27-18(13-15-7-3-2-4-8-15)21(30)26-17(22(31)32)9-5-6-11-23/h2-4,7-8,16-18H,5-6,9-14,23-24H2,1H3,(H,25,28)(H,26,30)(H,27,29)(H,31,32). The van der Waals surface area contributed by atoms with Gasteiger partial charge in [-0.05, 0) is 49.8 Å². The maximum atomic E-state index is 13.0. The highest BCUT2D eigenvalue weighted by atomic mass is 32.2. The number of carboxylic acids is 1. The Hall–Kier alpha value is -2.63. The van der Waals surface area contributed by atoms with Crippen molar-refractivity contribution in [3.8, 4) is 0 Å². The average molecular weight is 482 g/mol. The van der Waals surface area contributed by atoms with E-state index in [9.17, 15) is 24.3 Å². The van der Waals surface area contributed by atoms with Crippen LogP contribution in [-0.2, 0) is 25.6 Å². The van der Waals surface area contributed by atoms with Crippen LogP contribution in [0.2, 0.25) is 0 Å². The topological polar surface area (TPSA) is 177 Å². The minimum absolute atomic E-state index is 0.160. The predicted octanol–water partition coefficient (Wildman–Crippen LogP) is -0.391. The summed E-state index contributed by atoms with van der Waals surface area (Å²) in [5.41, 5.74) is 11.6. The molecule has 0 spiro atoms. The smallest absolute Gasteiger partial charge is 0.326 e. The van der Waals surface area contributed by atoms with Crippen LogP contribution in [0.25, 0.3) is 0 Å². The minimum atomic E-state index is -1.15. The fourth-order valence-electron chi connectivity index (χ4n) is 3.11. The van der Waals surface area contributed by atoms with Crippen LogP contribution >= 0.6 is 11.8 Å². The Morgan fingerprint density at radius 2 is 1.55 bits per heavy atom. The highest BCUT2D eigenvalue weighted by Gasteiger charge is 2.29. The normalized spacial score (nSPS) is 13.4. The van der Waals surface area contributed by atoms with Crippen LogP contribution in [0.1, 0.15) is 31.2 Å². The van der Waals surface area contributed by atoms with Gasteiger partial charge < -0.3 is 32.5 Å². The molecule has 0 saturated carbocycles. The monoisotopic (exact) mass is 481 g/mol. The Kier molecular flexibility index (Phi) is 13.8. The Labute approximate surface area is 198 Å².